The molecule has 0 aliphatic carbocycles. The van der Waals surface area contributed by atoms with E-state index < -0.39 is 0 Å². The van der Waals surface area contributed by atoms with Crippen LogP contribution in [0.25, 0.3) is 11.3 Å². The van der Waals surface area contributed by atoms with Crippen LogP contribution in [0.2, 0.25) is 0 Å². The average molecular weight is 315 g/mol. The molecule has 2 aromatic rings. The molecule has 1 unspecified atom stereocenters. The van der Waals surface area contributed by atoms with Crippen LogP contribution in [0.1, 0.15) is 36.0 Å². The summed E-state index contributed by atoms with van der Waals surface area (Å²) in [5, 5.41) is 3.95. The van der Waals surface area contributed by atoms with Crippen LogP contribution in [0.4, 0.5) is 0 Å². The molecule has 1 amide bonds. The normalized spacial score (nSPS) is 19.0. The van der Waals surface area contributed by atoms with E-state index in [1.54, 1.807) is 6.20 Å². The molecule has 7 nitrogen and oxygen atoms in total. The Hall–Kier alpha value is -2.28. The van der Waals surface area contributed by atoms with Crippen LogP contribution in [0.3, 0.4) is 0 Å². The number of aromatic nitrogens is 3. The summed E-state index contributed by atoms with van der Waals surface area (Å²) in [7, 11) is 0. The Morgan fingerprint density at radius 3 is 3.00 bits per heavy atom. The van der Waals surface area contributed by atoms with Gasteiger partial charge in [0.15, 0.2) is 5.76 Å². The second-order valence-electron chi connectivity index (χ2n) is 6.09. The van der Waals surface area contributed by atoms with Crippen LogP contribution in [-0.2, 0) is 4.79 Å². The van der Waals surface area contributed by atoms with Crippen molar-refractivity contribution >= 4 is 5.91 Å². The topological polar surface area (TPSA) is 98.1 Å². The molecular weight excluding hydrogens is 294 g/mol. The van der Waals surface area contributed by atoms with Crippen molar-refractivity contribution in [2.45, 2.75) is 32.6 Å². The standard InChI is InChI=1S/C16H21N5O2/c1-10-6-14(23-20-10)13-7-18-11(2)19-16(13)12-4-3-5-21(8-12)9-15(17)22/h6-7,12H,3-5,8-9H2,1-2H3,(H2,17,22). The Kier molecular flexibility index (Phi) is 4.38. The number of piperidine rings is 1. The molecule has 0 saturated carbocycles. The third-order valence-electron chi connectivity index (χ3n) is 4.10. The van der Waals surface area contributed by atoms with E-state index in [4.69, 9.17) is 10.3 Å². The maximum atomic E-state index is 11.2. The minimum absolute atomic E-state index is 0.227. The average Bonchev–Trinajstić information content (AvgIpc) is 2.93. The summed E-state index contributed by atoms with van der Waals surface area (Å²) < 4.78 is 5.40. The van der Waals surface area contributed by atoms with Gasteiger partial charge in [0.25, 0.3) is 0 Å². The third-order valence-corrected chi connectivity index (χ3v) is 4.10. The molecule has 2 aromatic heterocycles. The first-order valence-corrected chi connectivity index (χ1v) is 7.81. The number of carbonyl (C=O) groups excluding carboxylic acids is 1. The monoisotopic (exact) mass is 315 g/mol. The Labute approximate surface area is 134 Å². The maximum Gasteiger partial charge on any atom is 0.231 e. The van der Waals surface area contributed by atoms with Crippen LogP contribution in [0.15, 0.2) is 16.8 Å². The number of hydrogen-bond acceptors (Lipinski definition) is 6. The van der Waals surface area contributed by atoms with Gasteiger partial charge >= 0.3 is 0 Å². The minimum atomic E-state index is -0.296. The number of primary amides is 1. The molecule has 0 spiro atoms. The summed E-state index contributed by atoms with van der Waals surface area (Å²) in [6, 6.07) is 1.89. The van der Waals surface area contributed by atoms with Gasteiger partial charge in [0.1, 0.15) is 5.82 Å². The van der Waals surface area contributed by atoms with Crippen molar-refractivity contribution in [3.8, 4) is 11.3 Å². The molecule has 0 aromatic carbocycles. The van der Waals surface area contributed by atoms with Gasteiger partial charge in [-0.05, 0) is 33.2 Å². The number of hydrogen-bond donors (Lipinski definition) is 1. The predicted octanol–water partition coefficient (Wildman–Crippen LogP) is 1.41. The molecule has 122 valence electrons. The van der Waals surface area contributed by atoms with E-state index in [1.807, 2.05) is 19.9 Å². The smallest absolute Gasteiger partial charge is 0.231 e. The molecule has 0 bridgehead atoms. The van der Waals surface area contributed by atoms with E-state index in [1.165, 1.54) is 0 Å². The molecule has 3 rings (SSSR count). The quantitative estimate of drug-likeness (QED) is 0.916. The van der Waals surface area contributed by atoms with Crippen LogP contribution in [0.5, 0.6) is 0 Å². The van der Waals surface area contributed by atoms with Crippen molar-refractivity contribution in [2.75, 3.05) is 19.6 Å². The molecule has 3 heterocycles. The lowest BCUT2D eigenvalue weighted by atomic mass is 9.91. The van der Waals surface area contributed by atoms with E-state index in [9.17, 15) is 4.79 Å². The SMILES string of the molecule is Cc1cc(-c2cnc(C)nc2C2CCCN(CC(N)=O)C2)on1. The minimum Gasteiger partial charge on any atom is -0.369 e. The highest BCUT2D eigenvalue weighted by Gasteiger charge is 2.27. The van der Waals surface area contributed by atoms with Crippen molar-refractivity contribution < 1.29 is 9.32 Å². The Morgan fingerprint density at radius 1 is 1.48 bits per heavy atom. The van der Waals surface area contributed by atoms with E-state index in [0.29, 0.717) is 5.76 Å². The lowest BCUT2D eigenvalue weighted by Crippen LogP contribution is -2.40. The van der Waals surface area contributed by atoms with Crippen molar-refractivity contribution in [1.82, 2.24) is 20.0 Å². The van der Waals surface area contributed by atoms with Gasteiger partial charge < -0.3 is 10.3 Å². The fraction of sp³-hybridized carbons (Fsp3) is 0.500. The van der Waals surface area contributed by atoms with Crippen LogP contribution < -0.4 is 5.73 Å². The molecule has 1 aliphatic heterocycles. The van der Waals surface area contributed by atoms with Gasteiger partial charge in [0.2, 0.25) is 5.91 Å². The van der Waals surface area contributed by atoms with Crippen molar-refractivity contribution in [2.24, 2.45) is 5.73 Å². The fourth-order valence-electron chi connectivity index (χ4n) is 3.12. The van der Waals surface area contributed by atoms with Gasteiger partial charge in [-0.2, -0.15) is 0 Å². The molecular formula is C16H21N5O2. The summed E-state index contributed by atoms with van der Waals surface area (Å²) in [6.07, 6.45) is 3.83. The summed E-state index contributed by atoms with van der Waals surface area (Å²) in [5.74, 6) is 1.34. The van der Waals surface area contributed by atoms with Gasteiger partial charge in [0, 0.05) is 24.7 Å². The number of carbonyl (C=O) groups is 1. The van der Waals surface area contributed by atoms with E-state index >= 15 is 0 Å². The molecule has 1 saturated heterocycles. The van der Waals surface area contributed by atoms with Crippen LogP contribution >= 0.6 is 0 Å². The van der Waals surface area contributed by atoms with Gasteiger partial charge in [-0.15, -0.1) is 0 Å². The third kappa shape index (κ3) is 3.56. The highest BCUT2D eigenvalue weighted by Crippen LogP contribution is 2.33. The van der Waals surface area contributed by atoms with Crippen molar-refractivity contribution in [3.63, 3.8) is 0 Å². The molecule has 23 heavy (non-hydrogen) atoms. The first kappa shape index (κ1) is 15.6. The van der Waals surface area contributed by atoms with Gasteiger partial charge in [-0.3, -0.25) is 9.69 Å². The lowest BCUT2D eigenvalue weighted by molar-refractivity contribution is -0.119. The highest BCUT2D eigenvalue weighted by molar-refractivity contribution is 5.76. The second kappa shape index (κ2) is 6.45. The zero-order valence-corrected chi connectivity index (χ0v) is 13.5. The summed E-state index contributed by atoms with van der Waals surface area (Å²) >= 11 is 0. The summed E-state index contributed by atoms with van der Waals surface area (Å²) in [5.41, 5.74) is 7.99. The van der Waals surface area contributed by atoms with Crippen LogP contribution in [0, 0.1) is 13.8 Å². The zero-order valence-electron chi connectivity index (χ0n) is 13.5. The Balaban J connectivity index is 1.92. The first-order valence-electron chi connectivity index (χ1n) is 7.81. The molecule has 2 N–H and O–H groups in total. The van der Waals surface area contributed by atoms with E-state index in [2.05, 4.69) is 20.0 Å². The Morgan fingerprint density at radius 2 is 2.30 bits per heavy atom. The van der Waals surface area contributed by atoms with E-state index in [-0.39, 0.29) is 18.4 Å². The van der Waals surface area contributed by atoms with E-state index in [0.717, 1.165) is 48.7 Å². The lowest BCUT2D eigenvalue weighted by Gasteiger charge is -2.32. The fourth-order valence-corrected chi connectivity index (χ4v) is 3.12. The molecule has 1 fully saturated rings. The number of likely N-dealkylation sites (tertiary alicyclic amines) is 1. The second-order valence-corrected chi connectivity index (χ2v) is 6.09. The molecule has 1 aliphatic rings. The number of amides is 1. The first-order chi connectivity index (χ1) is 11.0. The van der Waals surface area contributed by atoms with Gasteiger partial charge in [0.05, 0.1) is 23.5 Å². The van der Waals surface area contributed by atoms with Gasteiger partial charge in [-0.25, -0.2) is 9.97 Å². The number of aryl methyl sites for hydroxylation is 2. The zero-order chi connectivity index (χ0) is 16.4. The molecule has 7 heteroatoms. The number of rotatable bonds is 4. The van der Waals surface area contributed by atoms with Crippen molar-refractivity contribution in [1.29, 1.82) is 0 Å². The highest BCUT2D eigenvalue weighted by atomic mass is 16.5. The predicted molar refractivity (Wildman–Crippen MR) is 84.6 cm³/mol. The summed E-state index contributed by atoms with van der Waals surface area (Å²) in [4.78, 5) is 22.2. The largest absolute Gasteiger partial charge is 0.369 e. The molecule has 0 radical (unpaired) electrons. The van der Waals surface area contributed by atoms with Crippen LogP contribution in [-0.4, -0.2) is 45.6 Å². The number of nitrogens with zero attached hydrogens (tertiary/aromatic N) is 4. The summed E-state index contributed by atoms with van der Waals surface area (Å²) in [6.45, 7) is 5.71. The maximum absolute atomic E-state index is 11.2. The Bertz CT molecular complexity index is 712. The number of nitrogens with two attached hydrogens (primary N) is 1. The van der Waals surface area contributed by atoms with Crippen molar-refractivity contribution in [3.05, 3.63) is 29.5 Å². The molecule has 1 atom stereocenters. The van der Waals surface area contributed by atoms with Gasteiger partial charge in [-0.1, -0.05) is 5.16 Å².